The molecular weight excluding hydrogens is 582 g/mol. The van der Waals surface area contributed by atoms with E-state index in [2.05, 4.69) is 15.4 Å². The minimum Gasteiger partial charge on any atom is -0.506 e. The highest BCUT2D eigenvalue weighted by Crippen LogP contribution is 2.28. The number of anilines is 1. The zero-order valence-corrected chi connectivity index (χ0v) is 24.9. The molecule has 0 radical (unpaired) electrons. The lowest BCUT2D eigenvalue weighted by Crippen LogP contribution is -2.52. The maximum Gasteiger partial charge on any atom is 0.271 e. The smallest absolute Gasteiger partial charge is 0.271 e. The first-order valence-electron chi connectivity index (χ1n) is 14.1. The highest BCUT2D eigenvalue weighted by atomic mass is 35.5. The van der Waals surface area contributed by atoms with Gasteiger partial charge in [0.1, 0.15) is 11.5 Å². The number of amides is 3. The van der Waals surface area contributed by atoms with Gasteiger partial charge in [-0.25, -0.2) is 5.43 Å². The third-order valence-electron chi connectivity index (χ3n) is 7.45. The molecule has 0 spiro atoms. The molecule has 0 aliphatic carbocycles. The summed E-state index contributed by atoms with van der Waals surface area (Å²) in [5.41, 5.74) is 4.31. The third kappa shape index (κ3) is 7.34. The van der Waals surface area contributed by atoms with Crippen molar-refractivity contribution in [2.24, 2.45) is 5.10 Å². The van der Waals surface area contributed by atoms with Crippen molar-refractivity contribution >= 4 is 52.0 Å². The molecule has 0 unspecified atom stereocenters. The van der Waals surface area contributed by atoms with Gasteiger partial charge in [0.05, 0.1) is 17.8 Å². The number of benzene rings is 4. The van der Waals surface area contributed by atoms with E-state index in [9.17, 15) is 19.5 Å². The van der Waals surface area contributed by atoms with Crippen LogP contribution in [0.3, 0.4) is 0 Å². The second kappa shape index (κ2) is 14.0. The van der Waals surface area contributed by atoms with Gasteiger partial charge >= 0.3 is 0 Å². The predicted octanol–water partition coefficient (Wildman–Crippen LogP) is 4.15. The van der Waals surface area contributed by atoms with E-state index < -0.39 is 5.91 Å². The number of hydrogen-bond donors (Lipinski definition) is 2. The van der Waals surface area contributed by atoms with E-state index in [1.165, 1.54) is 24.4 Å². The molecule has 0 aromatic heterocycles. The van der Waals surface area contributed by atoms with Gasteiger partial charge in [-0.3, -0.25) is 19.3 Å². The van der Waals surface area contributed by atoms with Crippen LogP contribution in [-0.2, 0) is 9.59 Å². The maximum atomic E-state index is 13.0. The number of nitrogens with zero attached hydrogens (tertiary/aromatic N) is 4. The molecule has 44 heavy (non-hydrogen) atoms. The standard InChI is InChI=1S/C33H32ClN5O5/c1-37(25-7-3-2-4-8-25)31(41)21-38-15-17-39(18-16-38)32(42)22-44-30-14-12-24(26-9-5-6-10-27(26)30)20-35-36-33(43)23-11-13-29(40)28(34)19-23/h2-14,19-20,40H,15-18,21-22H2,1H3,(H,36,43). The number of rotatable bonds is 9. The molecule has 5 rings (SSSR count). The Morgan fingerprint density at radius 2 is 1.66 bits per heavy atom. The molecule has 1 aliphatic heterocycles. The third-order valence-corrected chi connectivity index (χ3v) is 7.75. The van der Waals surface area contributed by atoms with Gasteiger partial charge in [0.2, 0.25) is 5.91 Å². The van der Waals surface area contributed by atoms with Gasteiger partial charge in [-0.1, -0.05) is 54.1 Å². The van der Waals surface area contributed by atoms with Gasteiger partial charge in [0, 0.05) is 55.4 Å². The van der Waals surface area contributed by atoms with Crippen LogP contribution in [0.5, 0.6) is 11.5 Å². The van der Waals surface area contributed by atoms with E-state index >= 15 is 0 Å². The van der Waals surface area contributed by atoms with Crippen molar-refractivity contribution in [3.05, 3.63) is 101 Å². The van der Waals surface area contributed by atoms with Crippen LogP contribution >= 0.6 is 11.6 Å². The second-order valence-corrected chi connectivity index (χ2v) is 10.7. The van der Waals surface area contributed by atoms with Gasteiger partial charge in [-0.2, -0.15) is 5.10 Å². The van der Waals surface area contributed by atoms with E-state index in [0.717, 1.165) is 22.0 Å². The molecule has 1 aliphatic rings. The maximum absolute atomic E-state index is 13.0. The largest absolute Gasteiger partial charge is 0.506 e. The topological polar surface area (TPSA) is 115 Å². The summed E-state index contributed by atoms with van der Waals surface area (Å²) in [5.74, 6) is -0.144. The Hall–Kier alpha value is -4.93. The summed E-state index contributed by atoms with van der Waals surface area (Å²) in [6.07, 6.45) is 1.53. The van der Waals surface area contributed by atoms with Gasteiger partial charge in [0.25, 0.3) is 11.8 Å². The number of likely N-dealkylation sites (N-methyl/N-ethyl adjacent to an activating group) is 1. The Morgan fingerprint density at radius 3 is 2.39 bits per heavy atom. The number of halogens is 1. The minimum absolute atomic E-state index is 0.00400. The summed E-state index contributed by atoms with van der Waals surface area (Å²) >= 11 is 5.89. The number of para-hydroxylation sites is 1. The van der Waals surface area contributed by atoms with Crippen LogP contribution in [0.15, 0.2) is 90.0 Å². The van der Waals surface area contributed by atoms with Crippen molar-refractivity contribution in [1.82, 2.24) is 15.2 Å². The molecule has 11 heteroatoms. The van der Waals surface area contributed by atoms with Crippen LogP contribution < -0.4 is 15.1 Å². The van der Waals surface area contributed by atoms with Crippen molar-refractivity contribution < 1.29 is 24.2 Å². The monoisotopic (exact) mass is 613 g/mol. The van der Waals surface area contributed by atoms with Crippen molar-refractivity contribution in [3.63, 3.8) is 0 Å². The summed E-state index contributed by atoms with van der Waals surface area (Å²) in [5, 5.41) is 15.3. The molecule has 1 fully saturated rings. The van der Waals surface area contributed by atoms with Gasteiger partial charge in [-0.05, 0) is 47.9 Å². The molecule has 4 aromatic rings. The van der Waals surface area contributed by atoms with E-state index in [-0.39, 0.29) is 34.8 Å². The fraction of sp³-hybridized carbons (Fsp3) is 0.212. The average molecular weight is 614 g/mol. The van der Waals surface area contributed by atoms with Crippen LogP contribution in [0.25, 0.3) is 10.8 Å². The quantitative estimate of drug-likeness (QED) is 0.217. The van der Waals surface area contributed by atoms with Crippen molar-refractivity contribution in [1.29, 1.82) is 0 Å². The average Bonchev–Trinajstić information content (AvgIpc) is 3.05. The minimum atomic E-state index is -0.474. The number of carbonyl (C=O) groups is 3. The van der Waals surface area contributed by atoms with Gasteiger partial charge in [-0.15, -0.1) is 0 Å². The Labute approximate surface area is 260 Å². The molecule has 226 valence electrons. The van der Waals surface area contributed by atoms with Crippen LogP contribution in [0.4, 0.5) is 5.69 Å². The van der Waals surface area contributed by atoms with E-state index in [1.807, 2.05) is 54.6 Å². The molecule has 0 atom stereocenters. The zero-order chi connectivity index (χ0) is 31.1. The number of phenolic OH excluding ortho intramolecular Hbond substituents is 1. The molecule has 10 nitrogen and oxygen atoms in total. The first kappa shape index (κ1) is 30.5. The summed E-state index contributed by atoms with van der Waals surface area (Å²) in [4.78, 5) is 43.6. The number of piperazine rings is 1. The normalized spacial score (nSPS) is 13.6. The van der Waals surface area contributed by atoms with Crippen molar-refractivity contribution in [2.45, 2.75) is 0 Å². The Balaban J connectivity index is 1.14. The molecule has 2 N–H and O–H groups in total. The number of hydrogen-bond acceptors (Lipinski definition) is 7. The highest BCUT2D eigenvalue weighted by Gasteiger charge is 2.24. The van der Waals surface area contributed by atoms with E-state index in [4.69, 9.17) is 16.3 Å². The van der Waals surface area contributed by atoms with Gasteiger partial charge < -0.3 is 19.6 Å². The van der Waals surface area contributed by atoms with Gasteiger partial charge in [0.15, 0.2) is 6.61 Å². The summed E-state index contributed by atoms with van der Waals surface area (Å²) in [6.45, 7) is 2.42. The van der Waals surface area contributed by atoms with Crippen molar-refractivity contribution in [3.8, 4) is 11.5 Å². The second-order valence-electron chi connectivity index (χ2n) is 10.3. The van der Waals surface area contributed by atoms with Crippen LogP contribution in [0.1, 0.15) is 15.9 Å². The summed E-state index contributed by atoms with van der Waals surface area (Å²) < 4.78 is 5.97. The molecular formula is C33H32ClN5O5. The lowest BCUT2D eigenvalue weighted by atomic mass is 10.0. The molecule has 0 bridgehead atoms. The lowest BCUT2D eigenvalue weighted by Gasteiger charge is -2.35. The number of carbonyl (C=O) groups excluding carboxylic acids is 3. The molecule has 1 saturated heterocycles. The number of fused-ring (bicyclic) bond motifs is 1. The van der Waals surface area contributed by atoms with Crippen LogP contribution in [0, 0.1) is 0 Å². The first-order chi connectivity index (χ1) is 21.3. The Bertz CT molecular complexity index is 1690. The Morgan fingerprint density at radius 1 is 0.955 bits per heavy atom. The summed E-state index contributed by atoms with van der Waals surface area (Å²) in [7, 11) is 1.77. The zero-order valence-electron chi connectivity index (χ0n) is 24.1. The number of ether oxygens (including phenoxy) is 1. The number of aromatic hydroxyl groups is 1. The lowest BCUT2D eigenvalue weighted by molar-refractivity contribution is -0.135. The SMILES string of the molecule is CN(C(=O)CN1CCN(C(=O)COc2ccc(C=NNC(=O)c3ccc(O)c(Cl)c3)c3ccccc23)CC1)c1ccccc1. The number of phenols is 1. The van der Waals surface area contributed by atoms with Crippen molar-refractivity contribution in [2.75, 3.05) is 51.3 Å². The molecule has 0 saturated carbocycles. The predicted molar refractivity (Wildman–Crippen MR) is 170 cm³/mol. The first-order valence-corrected chi connectivity index (χ1v) is 14.5. The van der Waals surface area contributed by atoms with E-state index in [0.29, 0.717) is 38.5 Å². The molecule has 4 aromatic carbocycles. The number of hydrazone groups is 1. The number of nitrogens with one attached hydrogen (secondary N) is 1. The Kier molecular flexibility index (Phi) is 9.73. The fourth-order valence-electron chi connectivity index (χ4n) is 4.89. The van der Waals surface area contributed by atoms with Crippen LogP contribution in [0.2, 0.25) is 5.02 Å². The van der Waals surface area contributed by atoms with Crippen LogP contribution in [-0.4, -0.2) is 85.2 Å². The molecule has 3 amide bonds. The highest BCUT2D eigenvalue weighted by molar-refractivity contribution is 6.32. The summed E-state index contributed by atoms with van der Waals surface area (Å²) in [6, 6.07) is 24.8. The fourth-order valence-corrected chi connectivity index (χ4v) is 5.07. The van der Waals surface area contributed by atoms with E-state index in [1.54, 1.807) is 29.0 Å². The molecule has 1 heterocycles.